The molecule has 198 valence electrons. The highest BCUT2D eigenvalue weighted by molar-refractivity contribution is 6.11. The molecule has 0 radical (unpaired) electrons. The standard InChI is InChI=1S/C36H24N2.C3H8/c1-2-8-28(9-3-1)38-35-13-7-5-11-31(35)32-22-26(19-21-36(32)38)24-14-16-25(17-15-24)27-18-20-30-29-10-4-6-12-33(29)37-34(30)23-27;1-3-2/h1-23,37H;3H2,1-2H3. The average Bonchev–Trinajstić information content (AvgIpc) is 3.57. The molecule has 0 aliphatic rings. The second kappa shape index (κ2) is 10.5. The van der Waals surface area contributed by atoms with Gasteiger partial charge in [0.15, 0.2) is 0 Å². The summed E-state index contributed by atoms with van der Waals surface area (Å²) in [7, 11) is 0. The summed E-state index contributed by atoms with van der Waals surface area (Å²) in [6, 6.07) is 50.3. The Morgan fingerprint density at radius 1 is 0.439 bits per heavy atom. The van der Waals surface area contributed by atoms with E-state index in [4.69, 9.17) is 0 Å². The third-order valence-corrected chi connectivity index (χ3v) is 7.74. The van der Waals surface area contributed by atoms with Gasteiger partial charge in [0, 0.05) is 38.3 Å². The van der Waals surface area contributed by atoms with Crippen LogP contribution in [0.25, 0.3) is 71.6 Å². The maximum atomic E-state index is 3.57. The molecule has 41 heavy (non-hydrogen) atoms. The van der Waals surface area contributed by atoms with Crippen molar-refractivity contribution in [2.24, 2.45) is 0 Å². The number of benzene rings is 6. The van der Waals surface area contributed by atoms with Crippen LogP contribution in [0.2, 0.25) is 0 Å². The lowest BCUT2D eigenvalue weighted by atomic mass is 9.98. The van der Waals surface area contributed by atoms with Gasteiger partial charge in [-0.2, -0.15) is 0 Å². The summed E-state index contributed by atoms with van der Waals surface area (Å²) in [6.45, 7) is 4.25. The molecule has 2 heteroatoms. The monoisotopic (exact) mass is 528 g/mol. The average molecular weight is 529 g/mol. The van der Waals surface area contributed by atoms with Crippen LogP contribution in [0.5, 0.6) is 0 Å². The zero-order chi connectivity index (χ0) is 27.8. The number of rotatable bonds is 3. The lowest BCUT2D eigenvalue weighted by Gasteiger charge is -2.08. The highest BCUT2D eigenvalue weighted by Crippen LogP contribution is 2.36. The van der Waals surface area contributed by atoms with Gasteiger partial charge in [0.1, 0.15) is 0 Å². The lowest BCUT2D eigenvalue weighted by Crippen LogP contribution is -1.92. The molecule has 8 aromatic rings. The van der Waals surface area contributed by atoms with Crippen LogP contribution in [-0.4, -0.2) is 9.55 Å². The molecule has 2 nitrogen and oxygen atoms in total. The summed E-state index contributed by atoms with van der Waals surface area (Å²) in [5.41, 5.74) is 10.9. The number of hydrogen-bond acceptors (Lipinski definition) is 0. The van der Waals surface area contributed by atoms with Crippen LogP contribution >= 0.6 is 0 Å². The highest BCUT2D eigenvalue weighted by Gasteiger charge is 2.13. The Labute approximate surface area is 240 Å². The fourth-order valence-corrected chi connectivity index (χ4v) is 5.90. The predicted molar refractivity (Wildman–Crippen MR) is 177 cm³/mol. The van der Waals surface area contributed by atoms with Gasteiger partial charge in [-0.1, -0.05) is 117 Å². The second-order valence-corrected chi connectivity index (χ2v) is 10.6. The van der Waals surface area contributed by atoms with Gasteiger partial charge in [-0.15, -0.1) is 0 Å². The largest absolute Gasteiger partial charge is 0.354 e. The summed E-state index contributed by atoms with van der Waals surface area (Å²) in [5.74, 6) is 0. The zero-order valence-electron chi connectivity index (χ0n) is 23.4. The number of aromatic nitrogens is 2. The Kier molecular flexibility index (Phi) is 6.37. The molecular formula is C39H32N2. The quantitative estimate of drug-likeness (QED) is 0.235. The second-order valence-electron chi connectivity index (χ2n) is 10.6. The molecule has 2 aromatic heterocycles. The maximum absolute atomic E-state index is 3.57. The first-order valence-electron chi connectivity index (χ1n) is 14.4. The van der Waals surface area contributed by atoms with Crippen LogP contribution < -0.4 is 0 Å². The van der Waals surface area contributed by atoms with Gasteiger partial charge < -0.3 is 9.55 Å². The van der Waals surface area contributed by atoms with Crippen molar-refractivity contribution in [3.63, 3.8) is 0 Å². The van der Waals surface area contributed by atoms with Crippen molar-refractivity contribution in [3.8, 4) is 27.9 Å². The van der Waals surface area contributed by atoms with E-state index in [0.29, 0.717) is 0 Å². The first-order chi connectivity index (χ1) is 20.2. The summed E-state index contributed by atoms with van der Waals surface area (Å²) in [5, 5.41) is 5.09. The van der Waals surface area contributed by atoms with Gasteiger partial charge in [0.25, 0.3) is 0 Å². The van der Waals surface area contributed by atoms with Crippen LogP contribution in [0.15, 0.2) is 140 Å². The fourth-order valence-electron chi connectivity index (χ4n) is 5.90. The van der Waals surface area contributed by atoms with E-state index in [0.717, 1.165) is 0 Å². The first-order valence-corrected chi connectivity index (χ1v) is 14.4. The number of nitrogens with one attached hydrogen (secondary N) is 1. The topological polar surface area (TPSA) is 20.7 Å². The number of aromatic amines is 1. The molecule has 0 bridgehead atoms. The van der Waals surface area contributed by atoms with Crippen molar-refractivity contribution in [1.82, 2.24) is 9.55 Å². The minimum Gasteiger partial charge on any atom is -0.354 e. The van der Waals surface area contributed by atoms with E-state index in [1.54, 1.807) is 0 Å². The van der Waals surface area contributed by atoms with Gasteiger partial charge in [-0.25, -0.2) is 0 Å². The van der Waals surface area contributed by atoms with Crippen LogP contribution in [0, 0.1) is 0 Å². The minimum absolute atomic E-state index is 1.17. The van der Waals surface area contributed by atoms with E-state index in [1.165, 1.54) is 78.0 Å². The van der Waals surface area contributed by atoms with Crippen molar-refractivity contribution < 1.29 is 0 Å². The van der Waals surface area contributed by atoms with E-state index in [9.17, 15) is 0 Å². The smallest absolute Gasteiger partial charge is 0.0541 e. The zero-order valence-corrected chi connectivity index (χ0v) is 23.4. The van der Waals surface area contributed by atoms with Crippen LogP contribution in [0.4, 0.5) is 0 Å². The highest BCUT2D eigenvalue weighted by atomic mass is 15.0. The third-order valence-electron chi connectivity index (χ3n) is 7.74. The number of fused-ring (bicyclic) bond motifs is 6. The van der Waals surface area contributed by atoms with Gasteiger partial charge in [0.05, 0.1) is 11.0 Å². The van der Waals surface area contributed by atoms with Crippen molar-refractivity contribution in [2.75, 3.05) is 0 Å². The molecule has 1 N–H and O–H groups in total. The third kappa shape index (κ3) is 4.38. The molecule has 0 atom stereocenters. The van der Waals surface area contributed by atoms with Crippen LogP contribution in [0.3, 0.4) is 0 Å². The summed E-state index contributed by atoms with van der Waals surface area (Å²) in [4.78, 5) is 3.57. The van der Waals surface area contributed by atoms with Crippen molar-refractivity contribution in [2.45, 2.75) is 20.3 Å². The normalized spacial score (nSPS) is 11.3. The molecule has 0 spiro atoms. The molecule has 0 unspecified atom stereocenters. The Balaban J connectivity index is 0.000000884. The Morgan fingerprint density at radius 2 is 0.976 bits per heavy atom. The van der Waals surface area contributed by atoms with Gasteiger partial charge in [-0.3, -0.25) is 0 Å². The molecule has 0 amide bonds. The van der Waals surface area contributed by atoms with Crippen molar-refractivity contribution in [1.29, 1.82) is 0 Å². The molecule has 2 heterocycles. The minimum atomic E-state index is 1.17. The predicted octanol–water partition coefficient (Wildman–Crippen LogP) is 11.2. The van der Waals surface area contributed by atoms with E-state index in [2.05, 4.69) is 163 Å². The van der Waals surface area contributed by atoms with Gasteiger partial charge >= 0.3 is 0 Å². The Hall–Kier alpha value is -5.08. The van der Waals surface area contributed by atoms with Gasteiger partial charge in [-0.05, 0) is 64.7 Å². The SMILES string of the molecule is CCC.c1ccc(-n2c3ccccc3c3cc(-c4ccc(-c5ccc6c(c5)[nH]c5ccccc56)cc4)ccc32)cc1. The maximum Gasteiger partial charge on any atom is 0.0541 e. The van der Waals surface area contributed by atoms with Crippen molar-refractivity contribution >= 4 is 43.6 Å². The molecule has 0 saturated carbocycles. The molecule has 6 aromatic carbocycles. The molecule has 0 fully saturated rings. The number of H-pyrrole nitrogens is 1. The molecule has 0 aliphatic heterocycles. The summed E-state index contributed by atoms with van der Waals surface area (Å²) >= 11 is 0. The van der Waals surface area contributed by atoms with E-state index in [1.807, 2.05) is 0 Å². The molecule has 0 saturated heterocycles. The first kappa shape index (κ1) is 24.9. The van der Waals surface area contributed by atoms with Gasteiger partial charge in [0.2, 0.25) is 0 Å². The fraction of sp³-hybridized carbons (Fsp3) is 0.0769. The van der Waals surface area contributed by atoms with Crippen LogP contribution in [-0.2, 0) is 0 Å². The number of hydrogen-bond donors (Lipinski definition) is 1. The van der Waals surface area contributed by atoms with E-state index < -0.39 is 0 Å². The number of nitrogens with zero attached hydrogens (tertiary/aromatic N) is 1. The van der Waals surface area contributed by atoms with E-state index in [-0.39, 0.29) is 0 Å². The number of para-hydroxylation sites is 3. The summed E-state index contributed by atoms with van der Waals surface area (Å²) in [6.07, 6.45) is 1.25. The Bertz CT molecular complexity index is 2130. The molecule has 0 aliphatic carbocycles. The molecule has 8 rings (SSSR count). The summed E-state index contributed by atoms with van der Waals surface area (Å²) < 4.78 is 2.36. The van der Waals surface area contributed by atoms with Crippen molar-refractivity contribution in [3.05, 3.63) is 140 Å². The van der Waals surface area contributed by atoms with E-state index >= 15 is 0 Å². The van der Waals surface area contributed by atoms with Crippen LogP contribution in [0.1, 0.15) is 20.3 Å². The molecular weight excluding hydrogens is 496 g/mol. The lowest BCUT2D eigenvalue weighted by molar-refractivity contribution is 1.09. The Morgan fingerprint density at radius 3 is 1.73 bits per heavy atom.